The van der Waals surface area contributed by atoms with E-state index in [1.165, 1.54) is 25.1 Å². The summed E-state index contributed by atoms with van der Waals surface area (Å²) in [5.41, 5.74) is -1.51. The summed E-state index contributed by atoms with van der Waals surface area (Å²) < 4.78 is 18.6. The van der Waals surface area contributed by atoms with Crippen LogP contribution in [0.25, 0.3) is 0 Å². The lowest BCUT2D eigenvalue weighted by Gasteiger charge is -2.28. The van der Waals surface area contributed by atoms with Crippen LogP contribution in [0.15, 0.2) is 22.7 Å². The molecular weight excluding hydrogens is 329 g/mol. The number of nitrogens with one attached hydrogen (secondary N) is 1. The van der Waals surface area contributed by atoms with Crippen LogP contribution in [0.3, 0.4) is 0 Å². The summed E-state index contributed by atoms with van der Waals surface area (Å²) in [6, 6.07) is 4.10. The maximum Gasteiger partial charge on any atom is 0.408 e. The summed E-state index contributed by atoms with van der Waals surface area (Å²) in [7, 11) is 0. The van der Waals surface area contributed by atoms with Crippen LogP contribution < -0.4 is 5.32 Å². The van der Waals surface area contributed by atoms with E-state index in [-0.39, 0.29) is 4.47 Å². The zero-order valence-corrected chi connectivity index (χ0v) is 13.4. The monoisotopic (exact) mass is 345 g/mol. The van der Waals surface area contributed by atoms with Crippen LogP contribution in [0.1, 0.15) is 33.3 Å². The molecule has 1 aromatic carbocycles. The topological polar surface area (TPSA) is 55.4 Å². The van der Waals surface area contributed by atoms with Gasteiger partial charge in [-0.1, -0.05) is 6.07 Å². The van der Waals surface area contributed by atoms with Crippen LogP contribution in [0.4, 0.5) is 9.18 Å². The lowest BCUT2D eigenvalue weighted by molar-refractivity contribution is -0.113. The molecule has 0 fully saturated rings. The summed E-state index contributed by atoms with van der Waals surface area (Å²) in [5, 5.41) is 2.49. The van der Waals surface area contributed by atoms with E-state index >= 15 is 0 Å². The van der Waals surface area contributed by atoms with Crippen molar-refractivity contribution in [3.05, 3.63) is 34.1 Å². The second-order valence-electron chi connectivity index (χ2n) is 5.58. The van der Waals surface area contributed by atoms with Gasteiger partial charge in [-0.05, 0) is 61.3 Å². The van der Waals surface area contributed by atoms with Gasteiger partial charge in [0.05, 0.1) is 4.47 Å². The van der Waals surface area contributed by atoms with Gasteiger partial charge in [0.25, 0.3) is 0 Å². The predicted molar refractivity (Wildman–Crippen MR) is 76.9 cm³/mol. The number of hydrogen-bond acceptors (Lipinski definition) is 3. The van der Waals surface area contributed by atoms with E-state index in [4.69, 9.17) is 4.74 Å². The molecule has 4 nitrogen and oxygen atoms in total. The Morgan fingerprint density at radius 1 is 1.35 bits per heavy atom. The molecule has 1 N–H and O–H groups in total. The van der Waals surface area contributed by atoms with Crippen molar-refractivity contribution in [1.29, 1.82) is 0 Å². The molecule has 0 radical (unpaired) electrons. The number of ether oxygens (including phenoxy) is 1. The molecule has 0 saturated heterocycles. The zero-order valence-electron chi connectivity index (χ0n) is 11.8. The highest BCUT2D eigenvalue weighted by atomic mass is 79.9. The van der Waals surface area contributed by atoms with Crippen molar-refractivity contribution in [2.75, 3.05) is 0 Å². The molecule has 0 aliphatic carbocycles. The molecule has 6 heteroatoms. The van der Waals surface area contributed by atoms with E-state index in [0.29, 0.717) is 11.8 Å². The van der Waals surface area contributed by atoms with Crippen molar-refractivity contribution >= 4 is 28.3 Å². The van der Waals surface area contributed by atoms with Crippen molar-refractivity contribution in [3.8, 4) is 0 Å². The van der Waals surface area contributed by atoms with Gasteiger partial charge in [0, 0.05) is 0 Å². The maximum absolute atomic E-state index is 13.2. The van der Waals surface area contributed by atoms with Crippen LogP contribution in [0.5, 0.6) is 0 Å². The minimum absolute atomic E-state index is 0.217. The Balaban J connectivity index is 2.99. The number of hydrogen-bond donors (Lipinski definition) is 1. The molecule has 0 bridgehead atoms. The molecule has 0 aliphatic heterocycles. The van der Waals surface area contributed by atoms with Crippen molar-refractivity contribution in [3.63, 3.8) is 0 Å². The van der Waals surface area contributed by atoms with Crippen LogP contribution in [-0.2, 0) is 15.1 Å². The van der Waals surface area contributed by atoms with Crippen molar-refractivity contribution < 1.29 is 18.7 Å². The van der Waals surface area contributed by atoms with Crippen molar-refractivity contribution in [2.45, 2.75) is 38.8 Å². The quantitative estimate of drug-likeness (QED) is 0.852. The van der Waals surface area contributed by atoms with E-state index in [9.17, 15) is 14.0 Å². The Kier molecular flexibility index (Phi) is 4.91. The highest BCUT2D eigenvalue weighted by Gasteiger charge is 2.31. The summed E-state index contributed by atoms with van der Waals surface area (Å²) in [5.74, 6) is -0.445. The van der Waals surface area contributed by atoms with Crippen molar-refractivity contribution in [1.82, 2.24) is 5.32 Å². The maximum atomic E-state index is 13.2. The number of carbonyl (C=O) groups excluding carboxylic acids is 2. The number of carbonyl (C=O) groups is 2. The molecule has 20 heavy (non-hydrogen) atoms. The van der Waals surface area contributed by atoms with E-state index < -0.39 is 23.1 Å². The highest BCUT2D eigenvalue weighted by molar-refractivity contribution is 9.10. The Morgan fingerprint density at radius 3 is 2.40 bits per heavy atom. The van der Waals surface area contributed by atoms with Gasteiger partial charge in [-0.3, -0.25) is 0 Å². The first-order chi connectivity index (χ1) is 9.07. The smallest absolute Gasteiger partial charge is 0.408 e. The number of benzene rings is 1. The molecule has 1 rings (SSSR count). The number of amides is 1. The van der Waals surface area contributed by atoms with Gasteiger partial charge in [-0.15, -0.1) is 0 Å². The molecule has 0 spiro atoms. The summed E-state index contributed by atoms with van der Waals surface area (Å²) in [4.78, 5) is 23.1. The number of aldehydes is 1. The average Bonchev–Trinajstić information content (AvgIpc) is 2.29. The molecule has 0 aromatic heterocycles. The first-order valence-electron chi connectivity index (χ1n) is 6.00. The van der Waals surface area contributed by atoms with Gasteiger partial charge in [-0.25, -0.2) is 9.18 Å². The van der Waals surface area contributed by atoms with Gasteiger partial charge in [-0.2, -0.15) is 0 Å². The average molecular weight is 346 g/mol. The molecular formula is C14H17BrFNO3. The normalized spacial score (nSPS) is 14.3. The summed E-state index contributed by atoms with van der Waals surface area (Å²) in [6.07, 6.45) is -0.135. The Labute approximate surface area is 125 Å². The fourth-order valence-electron chi connectivity index (χ4n) is 1.50. The van der Waals surface area contributed by atoms with E-state index in [1.807, 2.05) is 0 Å². The second kappa shape index (κ2) is 5.91. The van der Waals surface area contributed by atoms with E-state index in [2.05, 4.69) is 21.2 Å². The minimum Gasteiger partial charge on any atom is -0.444 e. The lowest BCUT2D eigenvalue weighted by Crippen LogP contribution is -2.47. The number of halogens is 2. The first kappa shape index (κ1) is 16.6. The van der Waals surface area contributed by atoms with E-state index in [1.54, 1.807) is 20.8 Å². The molecule has 1 unspecified atom stereocenters. The summed E-state index contributed by atoms with van der Waals surface area (Å²) in [6.45, 7) is 6.68. The standard InChI is InChI=1S/C14H17BrFNO3/c1-13(2,3)20-12(19)17-14(4,8-18)9-5-6-11(16)10(15)7-9/h5-8H,1-4H3,(H,17,19). The Hall–Kier alpha value is -1.43. The van der Waals surface area contributed by atoms with Gasteiger partial charge >= 0.3 is 6.09 Å². The van der Waals surface area contributed by atoms with Gasteiger partial charge in [0.2, 0.25) is 0 Å². The SMILES string of the molecule is CC(C)(C)OC(=O)NC(C)(C=O)c1ccc(F)c(Br)c1. The van der Waals surface area contributed by atoms with Crippen LogP contribution in [0.2, 0.25) is 0 Å². The molecule has 110 valence electrons. The fourth-order valence-corrected chi connectivity index (χ4v) is 1.88. The fraction of sp³-hybridized carbons (Fsp3) is 0.429. The van der Waals surface area contributed by atoms with Crippen LogP contribution in [0, 0.1) is 5.82 Å². The Morgan fingerprint density at radius 2 is 1.95 bits per heavy atom. The molecule has 0 saturated carbocycles. The number of rotatable bonds is 3. The van der Waals surface area contributed by atoms with Crippen LogP contribution >= 0.6 is 15.9 Å². The van der Waals surface area contributed by atoms with Gasteiger partial charge in [0.1, 0.15) is 23.2 Å². The molecule has 1 amide bonds. The van der Waals surface area contributed by atoms with Crippen molar-refractivity contribution in [2.24, 2.45) is 0 Å². The third kappa shape index (κ3) is 4.30. The zero-order chi connectivity index (χ0) is 15.6. The molecule has 1 aromatic rings. The lowest BCUT2D eigenvalue weighted by atomic mass is 9.94. The minimum atomic E-state index is -1.29. The van der Waals surface area contributed by atoms with Crippen LogP contribution in [-0.4, -0.2) is 18.0 Å². The Bertz CT molecular complexity index is 528. The highest BCUT2D eigenvalue weighted by Crippen LogP contribution is 2.25. The number of alkyl carbamates (subject to hydrolysis) is 1. The van der Waals surface area contributed by atoms with Gasteiger partial charge < -0.3 is 14.8 Å². The first-order valence-corrected chi connectivity index (χ1v) is 6.80. The summed E-state index contributed by atoms with van der Waals surface area (Å²) >= 11 is 3.05. The van der Waals surface area contributed by atoms with E-state index in [0.717, 1.165) is 0 Å². The predicted octanol–water partition coefficient (Wildman–Crippen LogP) is 3.53. The molecule has 0 aliphatic rings. The molecule has 0 heterocycles. The largest absolute Gasteiger partial charge is 0.444 e. The third-order valence-corrected chi connectivity index (χ3v) is 3.12. The second-order valence-corrected chi connectivity index (χ2v) is 6.43. The molecule has 1 atom stereocenters. The third-order valence-electron chi connectivity index (χ3n) is 2.52. The van der Waals surface area contributed by atoms with Gasteiger partial charge in [0.15, 0.2) is 0 Å².